The predicted octanol–water partition coefficient (Wildman–Crippen LogP) is 4.98. The van der Waals surface area contributed by atoms with Crippen LogP contribution in [-0.4, -0.2) is 29.5 Å². The number of ketones is 1. The standard InChI is InChI=1S/C19H23F6NO3/c1-5-14(29-13-9-11(2)8-12(10-13)19(23,24)25)16(28)26-17(3,4)15(27)6-7-18(20,21)22/h8-10,14H,5-7H2,1-4H3,(H,26,28). The monoisotopic (exact) mass is 427 g/mol. The van der Waals surface area contributed by atoms with Crippen LogP contribution in [0.25, 0.3) is 0 Å². The molecular weight excluding hydrogens is 404 g/mol. The van der Waals surface area contributed by atoms with Gasteiger partial charge in [0.1, 0.15) is 5.75 Å². The van der Waals surface area contributed by atoms with Crippen molar-refractivity contribution in [3.05, 3.63) is 29.3 Å². The lowest BCUT2D eigenvalue weighted by atomic mass is 9.95. The van der Waals surface area contributed by atoms with Crippen LogP contribution in [0.2, 0.25) is 0 Å². The second-order valence-electron chi connectivity index (χ2n) is 7.20. The number of benzene rings is 1. The molecule has 0 aliphatic rings. The summed E-state index contributed by atoms with van der Waals surface area (Å²) in [5.41, 5.74) is -2.26. The summed E-state index contributed by atoms with van der Waals surface area (Å²) < 4.78 is 81.1. The second-order valence-corrected chi connectivity index (χ2v) is 7.20. The number of alkyl halides is 6. The van der Waals surface area contributed by atoms with Crippen LogP contribution in [-0.2, 0) is 15.8 Å². The molecule has 0 saturated heterocycles. The van der Waals surface area contributed by atoms with Gasteiger partial charge in [0.05, 0.1) is 17.5 Å². The molecule has 1 amide bonds. The van der Waals surface area contributed by atoms with E-state index in [1.807, 2.05) is 0 Å². The molecule has 0 bridgehead atoms. The Morgan fingerprint density at radius 1 is 1.07 bits per heavy atom. The van der Waals surface area contributed by atoms with Crippen molar-refractivity contribution >= 4 is 11.7 Å². The highest BCUT2D eigenvalue weighted by Crippen LogP contribution is 2.33. The maximum absolute atomic E-state index is 12.9. The summed E-state index contributed by atoms with van der Waals surface area (Å²) in [7, 11) is 0. The van der Waals surface area contributed by atoms with Gasteiger partial charge in [-0.3, -0.25) is 9.59 Å². The third-order valence-corrected chi connectivity index (χ3v) is 4.09. The Kier molecular flexibility index (Phi) is 7.73. The first kappa shape index (κ1) is 24.8. The van der Waals surface area contributed by atoms with E-state index in [1.54, 1.807) is 6.92 Å². The molecule has 0 spiro atoms. The van der Waals surface area contributed by atoms with Gasteiger partial charge in [0.25, 0.3) is 5.91 Å². The van der Waals surface area contributed by atoms with Gasteiger partial charge in [-0.25, -0.2) is 0 Å². The van der Waals surface area contributed by atoms with E-state index in [2.05, 4.69) is 5.32 Å². The molecule has 0 heterocycles. The van der Waals surface area contributed by atoms with Gasteiger partial charge in [0, 0.05) is 6.42 Å². The van der Waals surface area contributed by atoms with E-state index in [4.69, 9.17) is 4.74 Å². The van der Waals surface area contributed by atoms with Crippen molar-refractivity contribution in [2.75, 3.05) is 0 Å². The number of aryl methyl sites for hydroxylation is 1. The molecule has 0 aliphatic heterocycles. The minimum atomic E-state index is -4.60. The molecule has 0 fully saturated rings. The highest BCUT2D eigenvalue weighted by atomic mass is 19.4. The minimum absolute atomic E-state index is 0.0634. The Labute approximate surface area is 164 Å². The highest BCUT2D eigenvalue weighted by Gasteiger charge is 2.36. The third kappa shape index (κ3) is 7.94. The lowest BCUT2D eigenvalue weighted by molar-refractivity contribution is -0.146. The van der Waals surface area contributed by atoms with Crippen molar-refractivity contribution in [3.8, 4) is 5.75 Å². The van der Waals surface area contributed by atoms with Crippen molar-refractivity contribution in [1.29, 1.82) is 0 Å². The number of halogens is 6. The Morgan fingerprint density at radius 2 is 1.66 bits per heavy atom. The molecule has 1 aromatic rings. The number of carbonyl (C=O) groups is 2. The van der Waals surface area contributed by atoms with Crippen molar-refractivity contribution < 1.29 is 40.7 Å². The van der Waals surface area contributed by atoms with Gasteiger partial charge >= 0.3 is 12.4 Å². The van der Waals surface area contributed by atoms with E-state index in [0.29, 0.717) is 0 Å². The summed E-state index contributed by atoms with van der Waals surface area (Å²) in [6, 6.07) is 3.00. The largest absolute Gasteiger partial charge is 0.481 e. The van der Waals surface area contributed by atoms with Crippen LogP contribution in [0.15, 0.2) is 18.2 Å². The molecule has 1 N–H and O–H groups in total. The number of carbonyl (C=O) groups excluding carboxylic acids is 2. The molecule has 10 heteroatoms. The lowest BCUT2D eigenvalue weighted by Crippen LogP contribution is -2.53. The number of nitrogens with one attached hydrogen (secondary N) is 1. The fourth-order valence-electron chi connectivity index (χ4n) is 2.49. The fraction of sp³-hybridized carbons (Fsp3) is 0.579. The Hall–Kier alpha value is -2.26. The molecule has 29 heavy (non-hydrogen) atoms. The predicted molar refractivity (Wildman–Crippen MR) is 93.4 cm³/mol. The van der Waals surface area contributed by atoms with Gasteiger partial charge in [0.2, 0.25) is 0 Å². The molecule has 1 aromatic carbocycles. The van der Waals surface area contributed by atoms with Crippen LogP contribution in [0.5, 0.6) is 5.75 Å². The van der Waals surface area contributed by atoms with Crippen LogP contribution in [0.3, 0.4) is 0 Å². The zero-order valence-electron chi connectivity index (χ0n) is 16.4. The van der Waals surface area contributed by atoms with Crippen molar-refractivity contribution in [2.45, 2.75) is 71.0 Å². The van der Waals surface area contributed by atoms with E-state index in [-0.39, 0.29) is 17.7 Å². The number of Topliss-reactive ketones (excluding diaryl/α,β-unsaturated/α-hetero) is 1. The van der Waals surface area contributed by atoms with Crippen molar-refractivity contribution in [1.82, 2.24) is 5.32 Å². The number of amides is 1. The summed E-state index contributed by atoms with van der Waals surface area (Å²) in [5, 5.41) is 2.32. The van der Waals surface area contributed by atoms with Gasteiger partial charge in [-0.1, -0.05) is 6.92 Å². The molecule has 0 aromatic heterocycles. The van der Waals surface area contributed by atoms with Crippen LogP contribution in [0, 0.1) is 6.92 Å². The zero-order valence-corrected chi connectivity index (χ0v) is 16.4. The quantitative estimate of drug-likeness (QED) is 0.596. The van der Waals surface area contributed by atoms with Crippen LogP contribution >= 0.6 is 0 Å². The molecule has 4 nitrogen and oxygen atoms in total. The van der Waals surface area contributed by atoms with Crippen LogP contribution in [0.4, 0.5) is 26.3 Å². The van der Waals surface area contributed by atoms with E-state index in [9.17, 15) is 35.9 Å². The second kappa shape index (κ2) is 9.04. The molecule has 164 valence electrons. The summed E-state index contributed by atoms with van der Waals surface area (Å²) in [6.45, 7) is 5.49. The fourth-order valence-corrected chi connectivity index (χ4v) is 2.49. The average Bonchev–Trinajstić information content (AvgIpc) is 2.54. The lowest BCUT2D eigenvalue weighted by Gasteiger charge is -2.28. The molecular formula is C19H23F6NO3. The first-order chi connectivity index (χ1) is 13.0. The number of hydrogen-bond donors (Lipinski definition) is 1. The smallest absolute Gasteiger partial charge is 0.416 e. The minimum Gasteiger partial charge on any atom is -0.481 e. The van der Waals surface area contributed by atoms with Crippen molar-refractivity contribution in [2.24, 2.45) is 0 Å². The zero-order chi connectivity index (χ0) is 22.6. The maximum Gasteiger partial charge on any atom is 0.416 e. The summed E-state index contributed by atoms with van der Waals surface area (Å²) in [4.78, 5) is 24.5. The van der Waals surface area contributed by atoms with Crippen LogP contribution in [0.1, 0.15) is 51.2 Å². The van der Waals surface area contributed by atoms with Gasteiger partial charge < -0.3 is 10.1 Å². The molecule has 0 radical (unpaired) electrons. The van der Waals surface area contributed by atoms with Crippen LogP contribution < -0.4 is 10.1 Å². The molecule has 1 atom stereocenters. The van der Waals surface area contributed by atoms with E-state index in [1.165, 1.54) is 26.8 Å². The van der Waals surface area contributed by atoms with E-state index in [0.717, 1.165) is 12.1 Å². The topological polar surface area (TPSA) is 55.4 Å². The van der Waals surface area contributed by atoms with Gasteiger partial charge in [-0.05, 0) is 51.0 Å². The maximum atomic E-state index is 12.9. The normalized spacial score (nSPS) is 13.7. The first-order valence-electron chi connectivity index (χ1n) is 8.83. The summed E-state index contributed by atoms with van der Waals surface area (Å²) >= 11 is 0. The molecule has 0 saturated carbocycles. The molecule has 0 aliphatic carbocycles. The van der Waals surface area contributed by atoms with Gasteiger partial charge in [-0.2, -0.15) is 26.3 Å². The first-order valence-corrected chi connectivity index (χ1v) is 8.83. The third-order valence-electron chi connectivity index (χ3n) is 4.09. The van der Waals surface area contributed by atoms with Crippen molar-refractivity contribution in [3.63, 3.8) is 0 Å². The summed E-state index contributed by atoms with van der Waals surface area (Å²) in [5.74, 6) is -1.82. The SMILES string of the molecule is CCC(Oc1cc(C)cc(C(F)(F)F)c1)C(=O)NC(C)(C)C(=O)CCC(F)(F)F. The molecule has 1 unspecified atom stereocenters. The Morgan fingerprint density at radius 3 is 2.14 bits per heavy atom. The van der Waals surface area contributed by atoms with Gasteiger partial charge in [0.15, 0.2) is 11.9 Å². The Balaban J connectivity index is 2.89. The number of rotatable bonds is 8. The molecule has 1 rings (SSSR count). The van der Waals surface area contributed by atoms with E-state index < -0.39 is 54.1 Å². The van der Waals surface area contributed by atoms with E-state index >= 15 is 0 Å². The highest BCUT2D eigenvalue weighted by molar-refractivity contribution is 5.93. The summed E-state index contributed by atoms with van der Waals surface area (Å²) in [6.07, 6.45) is -12.4. The van der Waals surface area contributed by atoms with Gasteiger partial charge in [-0.15, -0.1) is 0 Å². The number of hydrogen-bond acceptors (Lipinski definition) is 3. The Bertz CT molecular complexity index is 740. The average molecular weight is 427 g/mol. The number of ether oxygens (including phenoxy) is 1.